The Labute approximate surface area is 108 Å². The van der Waals surface area contributed by atoms with E-state index < -0.39 is 12.1 Å². The van der Waals surface area contributed by atoms with Crippen LogP contribution < -0.4 is 4.74 Å². The van der Waals surface area contributed by atoms with Crippen molar-refractivity contribution in [3.63, 3.8) is 0 Å². The van der Waals surface area contributed by atoms with Gasteiger partial charge in [-0.1, -0.05) is 22.9 Å². The summed E-state index contributed by atoms with van der Waals surface area (Å²) >= 11 is 3.26. The van der Waals surface area contributed by atoms with Gasteiger partial charge in [-0.15, -0.1) is 0 Å². The smallest absolute Gasteiger partial charge is 0.344 e. The fourth-order valence-electron chi connectivity index (χ4n) is 1.35. The summed E-state index contributed by atoms with van der Waals surface area (Å²) in [6.45, 7) is 3.13. The fraction of sp³-hybridized carbons (Fsp3) is 0.333. The number of carbonyl (C=O) groups excluding carboxylic acids is 1. The number of aliphatic carboxylic acids is 1. The van der Waals surface area contributed by atoms with Crippen molar-refractivity contribution >= 4 is 27.7 Å². The molecule has 0 amide bonds. The van der Waals surface area contributed by atoms with Crippen molar-refractivity contribution < 1.29 is 19.4 Å². The number of benzene rings is 1. The largest absolute Gasteiger partial charge is 0.479 e. The average Bonchev–Trinajstić information content (AvgIpc) is 2.25. The third-order valence-corrected chi connectivity index (χ3v) is 2.73. The van der Waals surface area contributed by atoms with Crippen LogP contribution in [0.25, 0.3) is 0 Å². The normalized spacial score (nSPS) is 11.9. The highest BCUT2D eigenvalue weighted by Crippen LogP contribution is 2.25. The molecular weight excluding hydrogens is 288 g/mol. The zero-order chi connectivity index (χ0) is 13.0. The van der Waals surface area contributed by atoms with Gasteiger partial charge in [0.2, 0.25) is 0 Å². The molecule has 92 valence electrons. The lowest BCUT2D eigenvalue weighted by molar-refractivity contribution is -0.145. The summed E-state index contributed by atoms with van der Waals surface area (Å²) in [5, 5.41) is 8.91. The van der Waals surface area contributed by atoms with Crippen LogP contribution in [-0.4, -0.2) is 23.0 Å². The lowest BCUT2D eigenvalue weighted by Gasteiger charge is -2.15. The Morgan fingerprint density at radius 2 is 2.12 bits per heavy atom. The second kappa shape index (κ2) is 5.82. The molecule has 1 aromatic rings. The number of carboxylic acid groups (broad SMARTS) is 1. The van der Waals surface area contributed by atoms with Crippen molar-refractivity contribution in [1.82, 2.24) is 0 Å². The van der Waals surface area contributed by atoms with Crippen molar-refractivity contribution in [3.05, 3.63) is 28.2 Å². The summed E-state index contributed by atoms with van der Waals surface area (Å²) < 4.78 is 6.08. The van der Waals surface area contributed by atoms with E-state index in [1.807, 2.05) is 0 Å². The molecule has 0 aliphatic carbocycles. The molecular formula is C12H13BrO4. The Kier molecular flexibility index (Phi) is 4.69. The van der Waals surface area contributed by atoms with Gasteiger partial charge in [0.15, 0.2) is 11.9 Å². The van der Waals surface area contributed by atoms with Gasteiger partial charge in [0.1, 0.15) is 5.75 Å². The Hall–Kier alpha value is -1.36. The van der Waals surface area contributed by atoms with Gasteiger partial charge in [0, 0.05) is 4.47 Å². The Morgan fingerprint density at radius 3 is 2.59 bits per heavy atom. The monoisotopic (exact) mass is 300 g/mol. The van der Waals surface area contributed by atoms with E-state index in [1.165, 1.54) is 6.92 Å². The molecule has 4 nitrogen and oxygen atoms in total. The van der Waals surface area contributed by atoms with Crippen LogP contribution in [0.15, 0.2) is 22.7 Å². The first kappa shape index (κ1) is 13.7. The summed E-state index contributed by atoms with van der Waals surface area (Å²) in [5.74, 6) is -0.907. The highest BCUT2D eigenvalue weighted by molar-refractivity contribution is 9.10. The van der Waals surface area contributed by atoms with Crippen molar-refractivity contribution in [2.75, 3.05) is 0 Å². The van der Waals surface area contributed by atoms with E-state index in [0.29, 0.717) is 17.7 Å². The summed E-state index contributed by atoms with van der Waals surface area (Å²) in [4.78, 5) is 22.3. The molecule has 1 N–H and O–H groups in total. The molecule has 0 radical (unpaired) electrons. The predicted molar refractivity (Wildman–Crippen MR) is 66.5 cm³/mol. The SMILES string of the molecule is CCC(Oc1cc(Br)ccc1C(C)=O)C(=O)O. The molecule has 0 aromatic heterocycles. The second-order valence-corrected chi connectivity index (χ2v) is 4.47. The van der Waals surface area contributed by atoms with E-state index in [9.17, 15) is 9.59 Å². The van der Waals surface area contributed by atoms with Crippen LogP contribution in [0.2, 0.25) is 0 Å². The molecule has 5 heteroatoms. The number of hydrogen-bond acceptors (Lipinski definition) is 3. The van der Waals surface area contributed by atoms with Gasteiger partial charge in [-0.2, -0.15) is 0 Å². The van der Waals surface area contributed by atoms with Gasteiger partial charge in [-0.25, -0.2) is 4.79 Å². The third kappa shape index (κ3) is 3.56. The predicted octanol–water partition coefficient (Wildman–Crippen LogP) is 2.89. The number of rotatable bonds is 5. The van der Waals surface area contributed by atoms with E-state index >= 15 is 0 Å². The molecule has 0 fully saturated rings. The van der Waals surface area contributed by atoms with Crippen LogP contribution in [0.3, 0.4) is 0 Å². The fourth-order valence-corrected chi connectivity index (χ4v) is 1.69. The highest BCUT2D eigenvalue weighted by atomic mass is 79.9. The van der Waals surface area contributed by atoms with E-state index in [0.717, 1.165) is 4.47 Å². The summed E-state index contributed by atoms with van der Waals surface area (Å²) in [5.41, 5.74) is 0.382. The number of ketones is 1. The lowest BCUT2D eigenvalue weighted by atomic mass is 10.1. The van der Waals surface area contributed by atoms with Crippen LogP contribution in [0.1, 0.15) is 30.6 Å². The van der Waals surface area contributed by atoms with Crippen LogP contribution in [-0.2, 0) is 4.79 Å². The van der Waals surface area contributed by atoms with Crippen LogP contribution in [0, 0.1) is 0 Å². The molecule has 1 unspecified atom stereocenters. The van der Waals surface area contributed by atoms with Gasteiger partial charge < -0.3 is 9.84 Å². The van der Waals surface area contributed by atoms with E-state index in [-0.39, 0.29) is 5.78 Å². The molecule has 1 atom stereocenters. The maximum absolute atomic E-state index is 11.4. The number of hydrogen-bond donors (Lipinski definition) is 1. The first-order valence-corrected chi connectivity index (χ1v) is 5.95. The van der Waals surface area contributed by atoms with Crippen molar-refractivity contribution in [1.29, 1.82) is 0 Å². The van der Waals surface area contributed by atoms with Crippen LogP contribution in [0.5, 0.6) is 5.75 Å². The minimum absolute atomic E-state index is 0.159. The first-order chi connectivity index (χ1) is 7.95. The van der Waals surface area contributed by atoms with Gasteiger partial charge in [-0.3, -0.25) is 4.79 Å². The summed E-state index contributed by atoms with van der Waals surface area (Å²) in [6.07, 6.45) is -0.610. The molecule has 0 saturated heterocycles. The van der Waals surface area contributed by atoms with Gasteiger partial charge in [-0.05, 0) is 31.5 Å². The topological polar surface area (TPSA) is 63.6 Å². The molecule has 0 aliphatic heterocycles. The third-order valence-electron chi connectivity index (χ3n) is 2.24. The molecule has 1 aromatic carbocycles. The molecule has 0 spiro atoms. The molecule has 17 heavy (non-hydrogen) atoms. The standard InChI is InChI=1S/C12H13BrO4/c1-3-10(12(15)16)17-11-6-8(13)4-5-9(11)7(2)14/h4-6,10H,3H2,1-2H3,(H,15,16). The molecule has 0 bridgehead atoms. The Morgan fingerprint density at radius 1 is 1.47 bits per heavy atom. The van der Waals surface area contributed by atoms with E-state index in [4.69, 9.17) is 9.84 Å². The lowest BCUT2D eigenvalue weighted by Crippen LogP contribution is -2.26. The maximum Gasteiger partial charge on any atom is 0.344 e. The highest BCUT2D eigenvalue weighted by Gasteiger charge is 2.19. The molecule has 0 heterocycles. The Bertz CT molecular complexity index is 442. The van der Waals surface area contributed by atoms with Gasteiger partial charge >= 0.3 is 5.97 Å². The zero-order valence-electron chi connectivity index (χ0n) is 9.57. The van der Waals surface area contributed by atoms with Gasteiger partial charge in [0.05, 0.1) is 5.56 Å². The number of Topliss-reactive ketones (excluding diaryl/α,β-unsaturated/α-hetero) is 1. The minimum atomic E-state index is -1.04. The minimum Gasteiger partial charge on any atom is -0.479 e. The molecule has 0 aliphatic rings. The molecule has 1 rings (SSSR count). The number of carbonyl (C=O) groups is 2. The van der Waals surface area contributed by atoms with Crippen molar-refractivity contribution in [3.8, 4) is 5.75 Å². The van der Waals surface area contributed by atoms with Gasteiger partial charge in [0.25, 0.3) is 0 Å². The average molecular weight is 301 g/mol. The first-order valence-electron chi connectivity index (χ1n) is 5.15. The Balaban J connectivity index is 3.07. The zero-order valence-corrected chi connectivity index (χ0v) is 11.2. The van der Waals surface area contributed by atoms with E-state index in [2.05, 4.69) is 15.9 Å². The van der Waals surface area contributed by atoms with Crippen LogP contribution >= 0.6 is 15.9 Å². The number of halogens is 1. The van der Waals surface area contributed by atoms with Crippen molar-refractivity contribution in [2.24, 2.45) is 0 Å². The second-order valence-electron chi connectivity index (χ2n) is 3.55. The number of ether oxygens (including phenoxy) is 1. The maximum atomic E-state index is 11.4. The van der Waals surface area contributed by atoms with Crippen LogP contribution in [0.4, 0.5) is 0 Å². The summed E-state index contributed by atoms with van der Waals surface area (Å²) in [7, 11) is 0. The van der Waals surface area contributed by atoms with Crippen molar-refractivity contribution in [2.45, 2.75) is 26.4 Å². The quantitative estimate of drug-likeness (QED) is 0.849. The summed E-state index contributed by atoms with van der Waals surface area (Å²) in [6, 6.07) is 4.92. The number of carboxylic acids is 1. The van der Waals surface area contributed by atoms with E-state index in [1.54, 1.807) is 25.1 Å². The molecule has 0 saturated carbocycles.